The molecule has 0 N–H and O–H groups in total. The van der Waals surface area contributed by atoms with Crippen molar-refractivity contribution in [1.82, 2.24) is 0 Å². The fourth-order valence-electron chi connectivity index (χ4n) is 3.33. The highest BCUT2D eigenvalue weighted by atomic mass is 16.5. The van der Waals surface area contributed by atoms with Gasteiger partial charge in [0.25, 0.3) is 0 Å². The second-order valence-corrected chi connectivity index (χ2v) is 6.68. The summed E-state index contributed by atoms with van der Waals surface area (Å²) in [5.74, 6) is 0.843. The number of ether oxygens (including phenoxy) is 1. The molecule has 0 atom stereocenters. The summed E-state index contributed by atoms with van der Waals surface area (Å²) in [6.07, 6.45) is 2.20. The van der Waals surface area contributed by atoms with Gasteiger partial charge < -0.3 is 9.64 Å². The van der Waals surface area contributed by atoms with E-state index in [0.717, 1.165) is 33.8 Å². The lowest BCUT2D eigenvalue weighted by Crippen LogP contribution is -2.10. The van der Waals surface area contributed by atoms with Crippen molar-refractivity contribution in [3.8, 4) is 5.75 Å². The zero-order chi connectivity index (χ0) is 19.9. The van der Waals surface area contributed by atoms with E-state index in [2.05, 4.69) is 96.0 Å². The summed E-state index contributed by atoms with van der Waals surface area (Å²) in [5.41, 5.74) is 5.59. The molecule has 29 heavy (non-hydrogen) atoms. The Balaban J connectivity index is 1.91. The minimum atomic E-state index is 0.843. The standard InChI is InChI=1S/C27H23NO/c1-29-26-19-11-14-23(20-26)27(22-12-5-2-6-13-22)21-28(24-15-7-3-8-16-24)25-17-9-4-10-18-25/h2-21H,1H3. The van der Waals surface area contributed by atoms with Crippen LogP contribution in [0.25, 0.3) is 5.57 Å². The molecule has 0 saturated carbocycles. The highest BCUT2D eigenvalue weighted by Gasteiger charge is 2.12. The van der Waals surface area contributed by atoms with Gasteiger partial charge in [-0.25, -0.2) is 0 Å². The first-order valence-electron chi connectivity index (χ1n) is 9.66. The second-order valence-electron chi connectivity index (χ2n) is 6.68. The molecule has 0 bridgehead atoms. The van der Waals surface area contributed by atoms with E-state index >= 15 is 0 Å². The maximum atomic E-state index is 5.47. The van der Waals surface area contributed by atoms with E-state index < -0.39 is 0 Å². The average Bonchev–Trinajstić information content (AvgIpc) is 2.81. The number of anilines is 2. The SMILES string of the molecule is COc1cccc(C(=CN(c2ccccc2)c2ccccc2)c2ccccc2)c1. The van der Waals surface area contributed by atoms with Gasteiger partial charge in [-0.1, -0.05) is 78.9 Å². The van der Waals surface area contributed by atoms with Crippen LogP contribution in [0.15, 0.2) is 121 Å². The predicted octanol–water partition coefficient (Wildman–Crippen LogP) is 6.92. The quantitative estimate of drug-likeness (QED) is 0.361. The first-order valence-corrected chi connectivity index (χ1v) is 9.66. The molecule has 142 valence electrons. The molecule has 2 nitrogen and oxygen atoms in total. The Morgan fingerprint density at radius 3 is 1.69 bits per heavy atom. The van der Waals surface area contributed by atoms with Crippen LogP contribution in [-0.4, -0.2) is 7.11 Å². The summed E-state index contributed by atoms with van der Waals surface area (Å²) >= 11 is 0. The lowest BCUT2D eigenvalue weighted by Gasteiger charge is -2.23. The van der Waals surface area contributed by atoms with E-state index in [1.54, 1.807) is 7.11 Å². The smallest absolute Gasteiger partial charge is 0.119 e. The molecule has 0 aliphatic heterocycles. The molecule has 0 aliphatic rings. The Kier molecular flexibility index (Phi) is 5.73. The summed E-state index contributed by atoms with van der Waals surface area (Å²) in [4.78, 5) is 2.22. The highest BCUT2D eigenvalue weighted by molar-refractivity contribution is 5.84. The fraction of sp³-hybridized carbons (Fsp3) is 0.0370. The van der Waals surface area contributed by atoms with Gasteiger partial charge in [0.1, 0.15) is 5.75 Å². The Bertz CT molecular complexity index is 1030. The average molecular weight is 377 g/mol. The zero-order valence-electron chi connectivity index (χ0n) is 16.4. The van der Waals surface area contributed by atoms with E-state index in [9.17, 15) is 0 Å². The van der Waals surface area contributed by atoms with Crippen molar-refractivity contribution in [3.05, 3.63) is 133 Å². The summed E-state index contributed by atoms with van der Waals surface area (Å²) < 4.78 is 5.47. The Morgan fingerprint density at radius 1 is 0.621 bits per heavy atom. The molecular weight excluding hydrogens is 354 g/mol. The van der Waals surface area contributed by atoms with Crippen molar-refractivity contribution >= 4 is 16.9 Å². The number of hydrogen-bond donors (Lipinski definition) is 0. The Labute approximate surface area is 172 Å². The number of nitrogens with zero attached hydrogens (tertiary/aromatic N) is 1. The van der Waals surface area contributed by atoms with Crippen molar-refractivity contribution in [1.29, 1.82) is 0 Å². The second kappa shape index (κ2) is 8.94. The van der Waals surface area contributed by atoms with E-state index in [-0.39, 0.29) is 0 Å². The van der Waals surface area contributed by atoms with Gasteiger partial charge in [-0.15, -0.1) is 0 Å². The number of para-hydroxylation sites is 2. The van der Waals surface area contributed by atoms with Crippen molar-refractivity contribution < 1.29 is 4.74 Å². The molecule has 4 aromatic rings. The van der Waals surface area contributed by atoms with Crippen LogP contribution in [0, 0.1) is 0 Å². The maximum Gasteiger partial charge on any atom is 0.119 e. The molecule has 0 heterocycles. The van der Waals surface area contributed by atoms with Gasteiger partial charge in [-0.2, -0.15) is 0 Å². The third-order valence-electron chi connectivity index (χ3n) is 4.79. The molecule has 0 amide bonds. The molecule has 0 fully saturated rings. The number of methoxy groups -OCH3 is 1. The summed E-state index contributed by atoms with van der Waals surface area (Å²) in [7, 11) is 1.70. The highest BCUT2D eigenvalue weighted by Crippen LogP contribution is 2.32. The normalized spacial score (nSPS) is 11.1. The van der Waals surface area contributed by atoms with E-state index in [0.29, 0.717) is 0 Å². The third-order valence-corrected chi connectivity index (χ3v) is 4.79. The number of hydrogen-bond acceptors (Lipinski definition) is 2. The minimum absolute atomic E-state index is 0.843. The van der Waals surface area contributed by atoms with Gasteiger partial charge in [0.05, 0.1) is 7.11 Å². The van der Waals surface area contributed by atoms with Crippen LogP contribution in [0.4, 0.5) is 11.4 Å². The van der Waals surface area contributed by atoms with Crippen LogP contribution in [-0.2, 0) is 0 Å². The summed E-state index contributed by atoms with van der Waals surface area (Å²) in [5, 5.41) is 0. The largest absolute Gasteiger partial charge is 0.497 e. The van der Waals surface area contributed by atoms with Crippen molar-refractivity contribution in [3.63, 3.8) is 0 Å². The number of benzene rings is 4. The molecule has 0 saturated heterocycles. The van der Waals surface area contributed by atoms with Gasteiger partial charge in [-0.05, 0) is 47.5 Å². The molecule has 0 unspecified atom stereocenters. The number of rotatable bonds is 6. The lowest BCUT2D eigenvalue weighted by atomic mass is 9.98. The first-order chi connectivity index (χ1) is 14.3. The van der Waals surface area contributed by atoms with E-state index in [1.807, 2.05) is 30.3 Å². The first kappa shape index (κ1) is 18.6. The van der Waals surface area contributed by atoms with Crippen molar-refractivity contribution in [2.45, 2.75) is 0 Å². The van der Waals surface area contributed by atoms with Crippen LogP contribution in [0.2, 0.25) is 0 Å². The zero-order valence-corrected chi connectivity index (χ0v) is 16.4. The molecule has 0 spiro atoms. The molecule has 0 aromatic heterocycles. The Hall–Kier alpha value is -3.78. The summed E-state index contributed by atoms with van der Waals surface area (Å²) in [6.45, 7) is 0. The third kappa shape index (κ3) is 4.39. The topological polar surface area (TPSA) is 12.5 Å². The van der Waals surface area contributed by atoms with E-state index in [4.69, 9.17) is 4.74 Å². The van der Waals surface area contributed by atoms with E-state index in [1.165, 1.54) is 0 Å². The molecule has 2 heteroatoms. The van der Waals surface area contributed by atoms with Crippen molar-refractivity contribution in [2.24, 2.45) is 0 Å². The van der Waals surface area contributed by atoms with Crippen LogP contribution in [0.1, 0.15) is 11.1 Å². The van der Waals surface area contributed by atoms with Crippen LogP contribution in [0.5, 0.6) is 5.75 Å². The molecule has 4 rings (SSSR count). The lowest BCUT2D eigenvalue weighted by molar-refractivity contribution is 0.414. The Morgan fingerprint density at radius 2 is 1.14 bits per heavy atom. The minimum Gasteiger partial charge on any atom is -0.497 e. The van der Waals surface area contributed by atoms with Gasteiger partial charge in [0.15, 0.2) is 0 Å². The van der Waals surface area contributed by atoms with Crippen LogP contribution < -0.4 is 9.64 Å². The fourth-order valence-corrected chi connectivity index (χ4v) is 3.33. The van der Waals surface area contributed by atoms with Gasteiger partial charge in [-0.3, -0.25) is 0 Å². The monoisotopic (exact) mass is 377 g/mol. The van der Waals surface area contributed by atoms with Gasteiger partial charge in [0, 0.05) is 23.1 Å². The maximum absolute atomic E-state index is 5.47. The molecule has 4 aromatic carbocycles. The molecule has 0 radical (unpaired) electrons. The van der Waals surface area contributed by atoms with Crippen molar-refractivity contribution in [2.75, 3.05) is 12.0 Å². The molecule has 0 aliphatic carbocycles. The summed E-state index contributed by atoms with van der Waals surface area (Å²) in [6, 6.07) is 39.5. The van der Waals surface area contributed by atoms with Crippen LogP contribution in [0.3, 0.4) is 0 Å². The molecular formula is C27H23NO. The predicted molar refractivity (Wildman–Crippen MR) is 122 cm³/mol. The van der Waals surface area contributed by atoms with Gasteiger partial charge in [0.2, 0.25) is 0 Å². The van der Waals surface area contributed by atoms with Gasteiger partial charge >= 0.3 is 0 Å². The van der Waals surface area contributed by atoms with Crippen LogP contribution >= 0.6 is 0 Å².